The minimum atomic E-state index is -0.444. The normalized spacial score (nSPS) is 10.8. The van der Waals surface area contributed by atoms with Crippen LogP contribution in [0.4, 0.5) is 5.69 Å². The van der Waals surface area contributed by atoms with Gasteiger partial charge in [-0.3, -0.25) is 14.9 Å². The molecule has 1 heterocycles. The second-order valence-electron chi connectivity index (χ2n) is 7.93. The van der Waals surface area contributed by atoms with Crippen molar-refractivity contribution in [2.24, 2.45) is 0 Å². The number of nitrogens with zero attached hydrogens (tertiary/aromatic N) is 2. The lowest BCUT2D eigenvalue weighted by molar-refractivity contribution is -0.384. The highest BCUT2D eigenvalue weighted by Gasteiger charge is 2.21. The average Bonchev–Trinajstić information content (AvgIpc) is 2.74. The van der Waals surface area contributed by atoms with Gasteiger partial charge in [-0.05, 0) is 38.8 Å². The molecule has 31 heavy (non-hydrogen) atoms. The van der Waals surface area contributed by atoms with Gasteiger partial charge in [0.15, 0.2) is 5.75 Å². The first-order valence-electron chi connectivity index (χ1n) is 11.1. The zero-order valence-corrected chi connectivity index (χ0v) is 19.1. The van der Waals surface area contributed by atoms with Gasteiger partial charge in [0.05, 0.1) is 17.0 Å². The lowest BCUT2D eigenvalue weighted by atomic mass is 10.1. The topological polar surface area (TPSA) is 83.6 Å². The second kappa shape index (κ2) is 12.1. The van der Waals surface area contributed by atoms with Gasteiger partial charge in [0.25, 0.3) is 11.2 Å². The van der Waals surface area contributed by atoms with Crippen LogP contribution in [0, 0.1) is 10.1 Å². The van der Waals surface area contributed by atoms with Crippen molar-refractivity contribution in [1.29, 1.82) is 0 Å². The number of aromatic nitrogens is 1. The van der Waals surface area contributed by atoms with E-state index in [4.69, 9.17) is 9.47 Å². The van der Waals surface area contributed by atoms with Gasteiger partial charge in [0.2, 0.25) is 5.75 Å². The van der Waals surface area contributed by atoms with Crippen molar-refractivity contribution < 1.29 is 14.4 Å². The molecule has 170 valence electrons. The summed E-state index contributed by atoms with van der Waals surface area (Å²) in [5.41, 5.74) is 1.25. The van der Waals surface area contributed by atoms with E-state index < -0.39 is 4.92 Å². The number of nitro groups is 1. The third-order valence-electron chi connectivity index (χ3n) is 5.07. The first-order valence-corrected chi connectivity index (χ1v) is 11.1. The van der Waals surface area contributed by atoms with Crippen LogP contribution in [0.15, 0.2) is 34.6 Å². The number of aryl methyl sites for hydroxylation is 1. The standard InChI is InChI=1S/C24H34N2O5/c1-5-7-9-10-14-25-21-17-19(26(28)29)11-12-20(21)22(31-16-13-18(3)4)23(24(25)27)30-15-8-6-2/h11-13,17H,5-10,14-16H2,1-4H3. The summed E-state index contributed by atoms with van der Waals surface area (Å²) in [6.45, 7) is 9.31. The number of benzene rings is 1. The number of pyridine rings is 1. The Morgan fingerprint density at radius 3 is 2.45 bits per heavy atom. The number of ether oxygens (including phenoxy) is 2. The van der Waals surface area contributed by atoms with E-state index in [2.05, 4.69) is 13.8 Å². The quantitative estimate of drug-likeness (QED) is 0.168. The van der Waals surface area contributed by atoms with Gasteiger partial charge in [0.1, 0.15) is 6.61 Å². The highest BCUT2D eigenvalue weighted by atomic mass is 16.6. The number of hydrogen-bond acceptors (Lipinski definition) is 5. The van der Waals surface area contributed by atoms with Gasteiger partial charge < -0.3 is 14.0 Å². The SMILES string of the molecule is CCCCCCn1c(=O)c(OCCCC)c(OCC=C(C)C)c2ccc([N+](=O)[O-])cc21. The predicted octanol–water partition coefficient (Wildman–Crippen LogP) is 6.01. The maximum Gasteiger partial charge on any atom is 0.297 e. The van der Waals surface area contributed by atoms with E-state index in [0.29, 0.717) is 36.4 Å². The van der Waals surface area contributed by atoms with Gasteiger partial charge in [-0.25, -0.2) is 0 Å². The molecule has 1 aromatic carbocycles. The molecule has 0 aliphatic heterocycles. The fourth-order valence-electron chi connectivity index (χ4n) is 3.30. The number of fused-ring (bicyclic) bond motifs is 1. The van der Waals surface area contributed by atoms with E-state index in [1.54, 1.807) is 10.6 Å². The number of allylic oxidation sites excluding steroid dienone is 1. The van der Waals surface area contributed by atoms with Crippen LogP contribution >= 0.6 is 0 Å². The summed E-state index contributed by atoms with van der Waals surface area (Å²) in [5, 5.41) is 12.0. The van der Waals surface area contributed by atoms with Crippen LogP contribution in [0.25, 0.3) is 10.9 Å². The van der Waals surface area contributed by atoms with Crippen LogP contribution in [0.3, 0.4) is 0 Å². The van der Waals surface area contributed by atoms with E-state index in [-0.39, 0.29) is 17.0 Å². The number of hydrogen-bond donors (Lipinski definition) is 0. The van der Waals surface area contributed by atoms with Gasteiger partial charge in [-0.2, -0.15) is 0 Å². The summed E-state index contributed by atoms with van der Waals surface area (Å²) >= 11 is 0. The molecular formula is C24H34N2O5. The number of nitro benzene ring substituents is 1. The Kier molecular flexibility index (Phi) is 9.56. The van der Waals surface area contributed by atoms with Crippen molar-refractivity contribution in [3.05, 3.63) is 50.3 Å². The van der Waals surface area contributed by atoms with E-state index in [9.17, 15) is 14.9 Å². The van der Waals surface area contributed by atoms with Gasteiger partial charge >= 0.3 is 0 Å². The highest BCUT2D eigenvalue weighted by molar-refractivity contribution is 5.89. The molecule has 0 saturated carbocycles. The van der Waals surface area contributed by atoms with E-state index in [1.807, 2.05) is 19.9 Å². The largest absolute Gasteiger partial charge is 0.485 e. The van der Waals surface area contributed by atoms with Crippen molar-refractivity contribution in [2.75, 3.05) is 13.2 Å². The number of rotatable bonds is 13. The average molecular weight is 431 g/mol. The molecule has 0 aliphatic carbocycles. The van der Waals surface area contributed by atoms with Gasteiger partial charge in [-0.1, -0.05) is 45.1 Å². The third kappa shape index (κ3) is 6.57. The van der Waals surface area contributed by atoms with Crippen molar-refractivity contribution in [2.45, 2.75) is 72.8 Å². The Morgan fingerprint density at radius 2 is 1.81 bits per heavy atom. The number of non-ortho nitro benzene ring substituents is 1. The fraction of sp³-hybridized carbons (Fsp3) is 0.542. The lowest BCUT2D eigenvalue weighted by Gasteiger charge is -2.18. The summed E-state index contributed by atoms with van der Waals surface area (Å²) in [5.74, 6) is 0.542. The molecule has 0 saturated heterocycles. The molecule has 0 unspecified atom stereocenters. The minimum Gasteiger partial charge on any atom is -0.485 e. The van der Waals surface area contributed by atoms with Crippen molar-refractivity contribution in [3.8, 4) is 11.5 Å². The molecule has 0 fully saturated rings. The molecule has 0 N–H and O–H groups in total. The van der Waals surface area contributed by atoms with Crippen LogP contribution in [0.5, 0.6) is 11.5 Å². The molecule has 0 amide bonds. The van der Waals surface area contributed by atoms with Crippen molar-refractivity contribution in [3.63, 3.8) is 0 Å². The monoisotopic (exact) mass is 430 g/mol. The van der Waals surface area contributed by atoms with E-state index >= 15 is 0 Å². The van der Waals surface area contributed by atoms with E-state index in [0.717, 1.165) is 44.1 Å². The van der Waals surface area contributed by atoms with Crippen LogP contribution in [0.2, 0.25) is 0 Å². The van der Waals surface area contributed by atoms with Crippen LogP contribution in [0.1, 0.15) is 66.2 Å². The Hall–Kier alpha value is -2.83. The summed E-state index contributed by atoms with van der Waals surface area (Å²) in [6, 6.07) is 4.55. The number of unbranched alkanes of at least 4 members (excludes halogenated alkanes) is 4. The molecular weight excluding hydrogens is 396 g/mol. The zero-order valence-electron chi connectivity index (χ0n) is 19.1. The Morgan fingerprint density at radius 1 is 1.06 bits per heavy atom. The molecule has 7 nitrogen and oxygen atoms in total. The molecule has 0 radical (unpaired) electrons. The molecule has 0 spiro atoms. The lowest BCUT2D eigenvalue weighted by Crippen LogP contribution is -2.24. The third-order valence-corrected chi connectivity index (χ3v) is 5.07. The molecule has 0 bridgehead atoms. The first kappa shape index (κ1) is 24.4. The Labute approximate surface area is 183 Å². The molecule has 7 heteroatoms. The predicted molar refractivity (Wildman–Crippen MR) is 124 cm³/mol. The zero-order chi connectivity index (χ0) is 22.8. The van der Waals surface area contributed by atoms with Crippen LogP contribution in [-0.2, 0) is 6.54 Å². The molecule has 2 aromatic rings. The second-order valence-corrected chi connectivity index (χ2v) is 7.93. The molecule has 0 aliphatic rings. The van der Waals surface area contributed by atoms with Gasteiger partial charge in [-0.15, -0.1) is 0 Å². The van der Waals surface area contributed by atoms with E-state index in [1.165, 1.54) is 12.1 Å². The van der Waals surface area contributed by atoms with Crippen LogP contribution in [-0.4, -0.2) is 22.7 Å². The first-order chi connectivity index (χ1) is 14.9. The highest BCUT2D eigenvalue weighted by Crippen LogP contribution is 2.35. The van der Waals surface area contributed by atoms with Crippen LogP contribution < -0.4 is 15.0 Å². The molecule has 2 rings (SSSR count). The maximum absolute atomic E-state index is 13.4. The summed E-state index contributed by atoms with van der Waals surface area (Å²) in [6.07, 6.45) is 7.66. The van der Waals surface area contributed by atoms with Gasteiger partial charge in [0, 0.05) is 24.1 Å². The maximum atomic E-state index is 13.4. The van der Waals surface area contributed by atoms with Crippen molar-refractivity contribution in [1.82, 2.24) is 4.57 Å². The summed E-state index contributed by atoms with van der Waals surface area (Å²) in [7, 11) is 0. The Bertz CT molecular complexity index is 974. The Balaban J connectivity index is 2.64. The smallest absolute Gasteiger partial charge is 0.297 e. The van der Waals surface area contributed by atoms with Crippen molar-refractivity contribution >= 4 is 16.6 Å². The molecule has 0 atom stereocenters. The minimum absolute atomic E-state index is 0.0518. The fourth-order valence-corrected chi connectivity index (χ4v) is 3.30. The molecule has 1 aromatic heterocycles. The summed E-state index contributed by atoms with van der Waals surface area (Å²) < 4.78 is 13.5. The summed E-state index contributed by atoms with van der Waals surface area (Å²) in [4.78, 5) is 24.3.